The molecule has 0 amide bonds. The van der Waals surface area contributed by atoms with E-state index in [0.29, 0.717) is 18.6 Å². The van der Waals surface area contributed by atoms with Gasteiger partial charge in [-0.25, -0.2) is 0 Å². The van der Waals surface area contributed by atoms with E-state index in [1.54, 1.807) is 10.9 Å². The van der Waals surface area contributed by atoms with Crippen LogP contribution in [0.25, 0.3) is 0 Å². The Morgan fingerprint density at radius 1 is 1.47 bits per heavy atom. The Labute approximate surface area is 90.5 Å². The molecule has 15 heavy (non-hydrogen) atoms. The van der Waals surface area contributed by atoms with Gasteiger partial charge in [0.1, 0.15) is 5.78 Å². The van der Waals surface area contributed by atoms with Crippen molar-refractivity contribution in [3.8, 4) is 0 Å². The molecule has 4 heteroatoms. The molecule has 0 saturated heterocycles. The molecule has 4 nitrogen and oxygen atoms in total. The van der Waals surface area contributed by atoms with Crippen LogP contribution < -0.4 is 5.73 Å². The SMILES string of the molecule is Cn1cc(CC(=O)CCCCCN)cn1. The second-order valence-electron chi connectivity index (χ2n) is 3.84. The second-order valence-corrected chi connectivity index (χ2v) is 3.84. The van der Waals surface area contributed by atoms with E-state index in [1.807, 2.05) is 13.2 Å². The van der Waals surface area contributed by atoms with Gasteiger partial charge in [-0.3, -0.25) is 9.48 Å². The quantitative estimate of drug-likeness (QED) is 0.683. The van der Waals surface area contributed by atoms with Crippen molar-refractivity contribution < 1.29 is 4.79 Å². The fourth-order valence-electron chi connectivity index (χ4n) is 1.52. The van der Waals surface area contributed by atoms with Gasteiger partial charge in [0.25, 0.3) is 0 Å². The number of Topliss-reactive ketones (excluding diaryl/α,β-unsaturated/α-hetero) is 1. The van der Waals surface area contributed by atoms with Gasteiger partial charge in [-0.1, -0.05) is 6.42 Å². The molecule has 84 valence electrons. The number of carbonyl (C=O) groups is 1. The summed E-state index contributed by atoms with van der Waals surface area (Å²) < 4.78 is 1.72. The summed E-state index contributed by atoms with van der Waals surface area (Å²) in [5, 5.41) is 4.03. The highest BCUT2D eigenvalue weighted by molar-refractivity contribution is 5.80. The standard InChI is InChI=1S/C11H19N3O/c1-14-9-10(8-13-14)7-11(15)5-3-2-4-6-12/h8-9H,2-7,12H2,1H3. The highest BCUT2D eigenvalue weighted by atomic mass is 16.1. The largest absolute Gasteiger partial charge is 0.330 e. The lowest BCUT2D eigenvalue weighted by atomic mass is 10.1. The Morgan fingerprint density at radius 3 is 2.87 bits per heavy atom. The van der Waals surface area contributed by atoms with Crippen LogP contribution >= 0.6 is 0 Å². The molecule has 0 bridgehead atoms. The van der Waals surface area contributed by atoms with E-state index in [2.05, 4.69) is 5.10 Å². The molecule has 0 aliphatic heterocycles. The average molecular weight is 209 g/mol. The molecule has 0 aromatic carbocycles. The van der Waals surface area contributed by atoms with Crippen LogP contribution in [0.4, 0.5) is 0 Å². The summed E-state index contributed by atoms with van der Waals surface area (Å²) in [4.78, 5) is 11.5. The fraction of sp³-hybridized carbons (Fsp3) is 0.636. The molecule has 0 aliphatic rings. The van der Waals surface area contributed by atoms with Gasteiger partial charge in [-0.2, -0.15) is 5.10 Å². The van der Waals surface area contributed by atoms with Crippen LogP contribution in [0.2, 0.25) is 0 Å². The Hall–Kier alpha value is -1.16. The first-order valence-corrected chi connectivity index (χ1v) is 5.41. The molecule has 2 N–H and O–H groups in total. The van der Waals surface area contributed by atoms with E-state index in [0.717, 1.165) is 31.4 Å². The van der Waals surface area contributed by atoms with E-state index in [9.17, 15) is 4.79 Å². The predicted octanol–water partition coefficient (Wildman–Crippen LogP) is 1.05. The third kappa shape index (κ3) is 4.74. The van der Waals surface area contributed by atoms with Crippen molar-refractivity contribution in [2.24, 2.45) is 12.8 Å². The Kier molecular flexibility index (Phi) is 5.04. The van der Waals surface area contributed by atoms with Gasteiger partial charge < -0.3 is 5.73 Å². The second kappa shape index (κ2) is 6.35. The Morgan fingerprint density at radius 2 is 2.27 bits per heavy atom. The van der Waals surface area contributed by atoms with Crippen molar-refractivity contribution in [1.82, 2.24) is 9.78 Å². The Bertz CT molecular complexity index is 307. The number of hydrogen-bond acceptors (Lipinski definition) is 3. The van der Waals surface area contributed by atoms with Gasteiger partial charge in [0, 0.05) is 26.1 Å². The minimum atomic E-state index is 0.292. The van der Waals surface area contributed by atoms with Crippen LogP contribution in [0.5, 0.6) is 0 Å². The maximum absolute atomic E-state index is 11.5. The van der Waals surface area contributed by atoms with E-state index in [-0.39, 0.29) is 0 Å². The van der Waals surface area contributed by atoms with Crippen molar-refractivity contribution in [3.63, 3.8) is 0 Å². The molecule has 0 spiro atoms. The third-order valence-electron chi connectivity index (χ3n) is 2.32. The van der Waals surface area contributed by atoms with E-state index in [1.165, 1.54) is 0 Å². The first kappa shape index (κ1) is 11.9. The summed E-state index contributed by atoms with van der Waals surface area (Å²) in [7, 11) is 1.86. The van der Waals surface area contributed by atoms with Crippen LogP contribution in [0.3, 0.4) is 0 Å². The number of carbonyl (C=O) groups excluding carboxylic acids is 1. The fourth-order valence-corrected chi connectivity index (χ4v) is 1.52. The monoisotopic (exact) mass is 209 g/mol. The number of hydrogen-bond donors (Lipinski definition) is 1. The van der Waals surface area contributed by atoms with Crippen LogP contribution in [-0.4, -0.2) is 22.1 Å². The zero-order chi connectivity index (χ0) is 11.1. The van der Waals surface area contributed by atoms with Gasteiger partial charge in [-0.05, 0) is 24.9 Å². The van der Waals surface area contributed by atoms with Crippen LogP contribution in [0.15, 0.2) is 12.4 Å². The van der Waals surface area contributed by atoms with Crippen LogP contribution in [0, 0.1) is 0 Å². The Balaban J connectivity index is 2.18. The molecular formula is C11H19N3O. The summed E-state index contributed by atoms with van der Waals surface area (Å²) in [6.07, 6.45) is 7.83. The average Bonchev–Trinajstić information content (AvgIpc) is 2.59. The topological polar surface area (TPSA) is 60.9 Å². The minimum Gasteiger partial charge on any atom is -0.330 e. The van der Waals surface area contributed by atoms with E-state index >= 15 is 0 Å². The summed E-state index contributed by atoms with van der Waals surface area (Å²) in [6, 6.07) is 0. The predicted molar refractivity (Wildman–Crippen MR) is 59.4 cm³/mol. The molecule has 0 unspecified atom stereocenters. The number of nitrogens with zero attached hydrogens (tertiary/aromatic N) is 2. The van der Waals surface area contributed by atoms with E-state index in [4.69, 9.17) is 5.73 Å². The van der Waals surface area contributed by atoms with Gasteiger partial charge >= 0.3 is 0 Å². The summed E-state index contributed by atoms with van der Waals surface area (Å²) in [6.45, 7) is 0.719. The molecule has 0 fully saturated rings. The smallest absolute Gasteiger partial charge is 0.137 e. The molecule has 0 saturated carbocycles. The minimum absolute atomic E-state index is 0.292. The lowest BCUT2D eigenvalue weighted by molar-refractivity contribution is -0.118. The number of rotatable bonds is 7. The van der Waals surface area contributed by atoms with Crippen molar-refractivity contribution >= 4 is 5.78 Å². The zero-order valence-electron chi connectivity index (χ0n) is 9.28. The van der Waals surface area contributed by atoms with Crippen molar-refractivity contribution in [2.45, 2.75) is 32.1 Å². The molecule has 1 heterocycles. The van der Waals surface area contributed by atoms with Gasteiger partial charge in [0.05, 0.1) is 6.20 Å². The first-order valence-electron chi connectivity index (χ1n) is 5.41. The lowest BCUT2D eigenvalue weighted by Gasteiger charge is -1.98. The third-order valence-corrected chi connectivity index (χ3v) is 2.32. The summed E-state index contributed by atoms with van der Waals surface area (Å²) in [5.41, 5.74) is 6.38. The van der Waals surface area contributed by atoms with Crippen LogP contribution in [-0.2, 0) is 18.3 Å². The zero-order valence-corrected chi connectivity index (χ0v) is 9.28. The van der Waals surface area contributed by atoms with Crippen LogP contribution in [0.1, 0.15) is 31.2 Å². The van der Waals surface area contributed by atoms with Crippen molar-refractivity contribution in [3.05, 3.63) is 18.0 Å². The summed E-state index contributed by atoms with van der Waals surface area (Å²) >= 11 is 0. The first-order chi connectivity index (χ1) is 7.22. The molecule has 1 rings (SSSR count). The highest BCUT2D eigenvalue weighted by Gasteiger charge is 2.04. The van der Waals surface area contributed by atoms with Gasteiger partial charge in [0.15, 0.2) is 0 Å². The molecule has 0 radical (unpaired) electrons. The maximum Gasteiger partial charge on any atom is 0.137 e. The van der Waals surface area contributed by atoms with Gasteiger partial charge in [-0.15, -0.1) is 0 Å². The molecule has 0 aliphatic carbocycles. The van der Waals surface area contributed by atoms with E-state index < -0.39 is 0 Å². The lowest BCUT2D eigenvalue weighted by Crippen LogP contribution is -2.03. The molecule has 1 aromatic heterocycles. The number of aryl methyl sites for hydroxylation is 1. The number of ketones is 1. The highest BCUT2D eigenvalue weighted by Crippen LogP contribution is 2.04. The molecule has 0 atom stereocenters. The summed E-state index contributed by atoms with van der Waals surface area (Å²) in [5.74, 6) is 0.292. The van der Waals surface area contributed by atoms with Gasteiger partial charge in [0.2, 0.25) is 0 Å². The van der Waals surface area contributed by atoms with Crippen molar-refractivity contribution in [1.29, 1.82) is 0 Å². The number of nitrogens with two attached hydrogens (primary N) is 1. The number of unbranched alkanes of at least 4 members (excludes halogenated alkanes) is 2. The molecular weight excluding hydrogens is 190 g/mol. The van der Waals surface area contributed by atoms with Crippen molar-refractivity contribution in [2.75, 3.05) is 6.54 Å². The number of aromatic nitrogens is 2. The molecule has 1 aromatic rings. The normalized spacial score (nSPS) is 10.5. The maximum atomic E-state index is 11.5.